The molecule has 3 nitrogen and oxygen atoms in total. The summed E-state index contributed by atoms with van der Waals surface area (Å²) in [5.41, 5.74) is 0.674. The Morgan fingerprint density at radius 1 is 1.11 bits per heavy atom. The van der Waals surface area contributed by atoms with Crippen molar-refractivity contribution in [3.05, 3.63) is 24.0 Å². The highest BCUT2D eigenvalue weighted by Crippen LogP contribution is 2.10. The minimum absolute atomic E-state index is 0.213. The van der Waals surface area contributed by atoms with Gasteiger partial charge in [-0.25, -0.2) is 4.79 Å². The van der Waals surface area contributed by atoms with Gasteiger partial charge in [0.05, 0.1) is 6.61 Å². The fourth-order valence-electron chi connectivity index (χ4n) is 2.24. The Balaban J connectivity index is 2.22. The van der Waals surface area contributed by atoms with E-state index in [1.165, 1.54) is 38.5 Å². The number of esters is 1. The number of carbonyl (C=O) groups is 1. The first-order valence-corrected chi connectivity index (χ1v) is 7.61. The Bertz CT molecular complexity index is 357. The summed E-state index contributed by atoms with van der Waals surface area (Å²) in [5, 5.41) is 0. The summed E-state index contributed by atoms with van der Waals surface area (Å²) in [6, 6.07) is 3.74. The van der Waals surface area contributed by atoms with Gasteiger partial charge >= 0.3 is 5.97 Å². The third-order valence-corrected chi connectivity index (χ3v) is 3.32. The first-order valence-electron chi connectivity index (χ1n) is 7.61. The van der Waals surface area contributed by atoms with Crippen molar-refractivity contribution in [2.45, 2.75) is 65.3 Å². The number of rotatable bonds is 10. The molecule has 19 heavy (non-hydrogen) atoms. The molecule has 0 aromatic carbocycles. The number of unbranched alkanes of at least 4 members (excludes halogenated alkanes) is 6. The summed E-state index contributed by atoms with van der Waals surface area (Å²) in [5.74, 6) is -0.213. The van der Waals surface area contributed by atoms with Gasteiger partial charge in [0.15, 0.2) is 0 Å². The molecular weight excluding hydrogens is 238 g/mol. The minimum Gasteiger partial charge on any atom is -0.461 e. The minimum atomic E-state index is -0.213. The number of nitrogens with zero attached hydrogens (tertiary/aromatic N) is 1. The standard InChI is InChI=1S/C16H27NO2/c1-3-5-6-7-8-9-10-13-17-14-11-12-15(17)16(18)19-4-2/h11-12,14H,3-10,13H2,1-2H3. The maximum Gasteiger partial charge on any atom is 0.354 e. The lowest BCUT2D eigenvalue weighted by atomic mass is 10.1. The van der Waals surface area contributed by atoms with Gasteiger partial charge < -0.3 is 9.30 Å². The quantitative estimate of drug-likeness (QED) is 0.463. The topological polar surface area (TPSA) is 31.2 Å². The highest BCUT2D eigenvalue weighted by Gasteiger charge is 2.10. The molecule has 0 bridgehead atoms. The molecule has 0 aliphatic carbocycles. The Kier molecular flexibility index (Phi) is 8.03. The smallest absolute Gasteiger partial charge is 0.354 e. The Hall–Kier alpha value is -1.25. The first kappa shape index (κ1) is 15.8. The number of carbonyl (C=O) groups excluding carboxylic acids is 1. The molecule has 108 valence electrons. The van der Waals surface area contributed by atoms with Gasteiger partial charge in [-0.3, -0.25) is 0 Å². The van der Waals surface area contributed by atoms with Crippen LogP contribution in [0.25, 0.3) is 0 Å². The van der Waals surface area contributed by atoms with Crippen molar-refractivity contribution in [2.24, 2.45) is 0 Å². The molecular formula is C16H27NO2. The fourth-order valence-corrected chi connectivity index (χ4v) is 2.24. The van der Waals surface area contributed by atoms with Crippen LogP contribution in [0.3, 0.4) is 0 Å². The van der Waals surface area contributed by atoms with Gasteiger partial charge in [0, 0.05) is 12.7 Å². The summed E-state index contributed by atoms with van der Waals surface area (Å²) < 4.78 is 7.04. The van der Waals surface area contributed by atoms with Gasteiger partial charge in [-0.2, -0.15) is 0 Å². The number of aryl methyl sites for hydroxylation is 1. The lowest BCUT2D eigenvalue weighted by Gasteiger charge is -2.08. The Morgan fingerprint density at radius 2 is 1.79 bits per heavy atom. The fraction of sp³-hybridized carbons (Fsp3) is 0.688. The molecule has 0 aliphatic heterocycles. The summed E-state index contributed by atoms with van der Waals surface area (Å²) >= 11 is 0. The summed E-state index contributed by atoms with van der Waals surface area (Å²) in [7, 11) is 0. The molecule has 0 fully saturated rings. The second-order valence-corrected chi connectivity index (χ2v) is 4.93. The average molecular weight is 265 g/mol. The van der Waals surface area contributed by atoms with Crippen LogP contribution in [0.5, 0.6) is 0 Å². The number of hydrogen-bond donors (Lipinski definition) is 0. The molecule has 1 heterocycles. The number of aromatic nitrogens is 1. The van der Waals surface area contributed by atoms with Crippen LogP contribution in [0.1, 0.15) is 69.3 Å². The molecule has 1 aromatic heterocycles. The van der Waals surface area contributed by atoms with Crippen LogP contribution >= 0.6 is 0 Å². The maximum absolute atomic E-state index is 11.7. The van der Waals surface area contributed by atoms with Crippen molar-refractivity contribution in [2.75, 3.05) is 6.61 Å². The predicted molar refractivity (Wildman–Crippen MR) is 78.4 cm³/mol. The van der Waals surface area contributed by atoms with Crippen LogP contribution in [0.2, 0.25) is 0 Å². The zero-order valence-corrected chi connectivity index (χ0v) is 12.4. The van der Waals surface area contributed by atoms with Gasteiger partial charge in [0.1, 0.15) is 5.69 Å². The predicted octanol–water partition coefficient (Wildman–Crippen LogP) is 4.42. The van der Waals surface area contributed by atoms with Gasteiger partial charge in [-0.05, 0) is 25.5 Å². The van der Waals surface area contributed by atoms with Gasteiger partial charge in [0.2, 0.25) is 0 Å². The van der Waals surface area contributed by atoms with E-state index in [4.69, 9.17) is 4.74 Å². The van der Waals surface area contributed by atoms with Crippen molar-refractivity contribution in [1.82, 2.24) is 4.57 Å². The van der Waals surface area contributed by atoms with Crippen LogP contribution in [0.15, 0.2) is 18.3 Å². The van der Waals surface area contributed by atoms with Gasteiger partial charge in [0.25, 0.3) is 0 Å². The molecule has 0 amide bonds. The normalized spacial score (nSPS) is 10.6. The van der Waals surface area contributed by atoms with Gasteiger partial charge in [-0.15, -0.1) is 0 Å². The van der Waals surface area contributed by atoms with E-state index in [-0.39, 0.29) is 5.97 Å². The van der Waals surface area contributed by atoms with Crippen molar-refractivity contribution < 1.29 is 9.53 Å². The number of ether oxygens (including phenoxy) is 1. The summed E-state index contributed by atoms with van der Waals surface area (Å²) in [4.78, 5) is 11.7. The molecule has 0 radical (unpaired) electrons. The second-order valence-electron chi connectivity index (χ2n) is 4.93. The highest BCUT2D eigenvalue weighted by atomic mass is 16.5. The molecule has 1 rings (SSSR count). The maximum atomic E-state index is 11.7. The largest absolute Gasteiger partial charge is 0.461 e. The monoisotopic (exact) mass is 265 g/mol. The Labute approximate surface area is 117 Å². The molecule has 0 atom stereocenters. The van der Waals surface area contributed by atoms with E-state index in [1.807, 2.05) is 29.8 Å². The van der Waals surface area contributed by atoms with Crippen molar-refractivity contribution in [3.8, 4) is 0 Å². The molecule has 0 N–H and O–H groups in total. The molecule has 0 unspecified atom stereocenters. The van der Waals surface area contributed by atoms with Crippen LogP contribution in [-0.2, 0) is 11.3 Å². The van der Waals surface area contributed by atoms with Crippen molar-refractivity contribution in [1.29, 1.82) is 0 Å². The van der Waals surface area contributed by atoms with Crippen molar-refractivity contribution >= 4 is 5.97 Å². The molecule has 0 saturated carbocycles. The van der Waals surface area contributed by atoms with E-state index in [0.717, 1.165) is 13.0 Å². The van der Waals surface area contributed by atoms with Crippen LogP contribution < -0.4 is 0 Å². The molecule has 0 spiro atoms. The number of hydrogen-bond acceptors (Lipinski definition) is 2. The van der Waals surface area contributed by atoms with Crippen LogP contribution in [0, 0.1) is 0 Å². The lowest BCUT2D eigenvalue weighted by molar-refractivity contribution is 0.0513. The van der Waals surface area contributed by atoms with E-state index in [2.05, 4.69) is 6.92 Å². The lowest BCUT2D eigenvalue weighted by Crippen LogP contribution is -2.11. The van der Waals surface area contributed by atoms with E-state index >= 15 is 0 Å². The second kappa shape index (κ2) is 9.65. The Morgan fingerprint density at radius 3 is 2.47 bits per heavy atom. The SMILES string of the molecule is CCCCCCCCCn1cccc1C(=O)OCC. The third-order valence-electron chi connectivity index (χ3n) is 3.32. The summed E-state index contributed by atoms with van der Waals surface area (Å²) in [6.07, 6.45) is 11.0. The van der Waals surface area contributed by atoms with Gasteiger partial charge in [-0.1, -0.05) is 45.4 Å². The van der Waals surface area contributed by atoms with Crippen LogP contribution in [-0.4, -0.2) is 17.1 Å². The summed E-state index contributed by atoms with van der Waals surface area (Å²) in [6.45, 7) is 5.42. The highest BCUT2D eigenvalue weighted by molar-refractivity contribution is 5.87. The first-order chi connectivity index (χ1) is 9.29. The van der Waals surface area contributed by atoms with E-state index < -0.39 is 0 Å². The molecule has 3 heteroatoms. The third kappa shape index (κ3) is 5.95. The van der Waals surface area contributed by atoms with Crippen molar-refractivity contribution in [3.63, 3.8) is 0 Å². The van der Waals surface area contributed by atoms with Crippen LogP contribution in [0.4, 0.5) is 0 Å². The average Bonchev–Trinajstić information content (AvgIpc) is 2.86. The zero-order valence-electron chi connectivity index (χ0n) is 12.4. The van der Waals surface area contributed by atoms with E-state index in [1.54, 1.807) is 0 Å². The molecule has 0 saturated heterocycles. The van der Waals surface area contributed by atoms with E-state index in [0.29, 0.717) is 12.3 Å². The zero-order chi connectivity index (χ0) is 13.9. The molecule has 1 aromatic rings. The molecule has 0 aliphatic rings. The van der Waals surface area contributed by atoms with E-state index in [9.17, 15) is 4.79 Å².